The molecule has 3 aromatic carbocycles. The van der Waals surface area contributed by atoms with Crippen molar-refractivity contribution in [3.63, 3.8) is 0 Å². The van der Waals surface area contributed by atoms with Gasteiger partial charge < -0.3 is 14.8 Å². The van der Waals surface area contributed by atoms with Gasteiger partial charge in [-0.2, -0.15) is 4.31 Å². The molecule has 0 bridgehead atoms. The Bertz CT molecular complexity index is 1220. The maximum absolute atomic E-state index is 12.9. The minimum atomic E-state index is -3.58. The second-order valence-corrected chi connectivity index (χ2v) is 10.4. The van der Waals surface area contributed by atoms with Crippen LogP contribution in [0.25, 0.3) is 0 Å². The Morgan fingerprint density at radius 3 is 2.29 bits per heavy atom. The number of para-hydroxylation sites is 1. The van der Waals surface area contributed by atoms with Gasteiger partial charge in [-0.15, -0.1) is 0 Å². The van der Waals surface area contributed by atoms with E-state index in [-0.39, 0.29) is 23.5 Å². The molecule has 0 radical (unpaired) electrons. The summed E-state index contributed by atoms with van der Waals surface area (Å²) in [6.45, 7) is 0.607. The largest absolute Gasteiger partial charge is 0.497 e. The van der Waals surface area contributed by atoms with Crippen LogP contribution < -0.4 is 14.8 Å². The first-order chi connectivity index (χ1) is 17.0. The van der Waals surface area contributed by atoms with Gasteiger partial charge in [-0.3, -0.25) is 4.79 Å². The molecule has 8 heteroatoms. The van der Waals surface area contributed by atoms with Crippen molar-refractivity contribution in [1.29, 1.82) is 0 Å². The zero-order valence-electron chi connectivity index (χ0n) is 19.7. The Kier molecular flexibility index (Phi) is 8.05. The highest BCUT2D eigenvalue weighted by Gasteiger charge is 2.30. The van der Waals surface area contributed by atoms with Crippen LogP contribution in [-0.2, 0) is 21.2 Å². The highest BCUT2D eigenvalue weighted by molar-refractivity contribution is 7.89. The number of piperidine rings is 1. The summed E-state index contributed by atoms with van der Waals surface area (Å²) in [6, 6.07) is 24.1. The lowest BCUT2D eigenvalue weighted by Crippen LogP contribution is -2.47. The molecule has 0 spiro atoms. The number of methoxy groups -OCH3 is 1. The lowest BCUT2D eigenvalue weighted by molar-refractivity contribution is -0.124. The number of carbonyl (C=O) groups excluding carboxylic acids is 1. The summed E-state index contributed by atoms with van der Waals surface area (Å²) in [6.07, 6.45) is 1.82. The second-order valence-electron chi connectivity index (χ2n) is 8.48. The third kappa shape index (κ3) is 6.41. The topological polar surface area (TPSA) is 84.9 Å². The molecule has 0 unspecified atom stereocenters. The summed E-state index contributed by atoms with van der Waals surface area (Å²) < 4.78 is 38.2. The minimum Gasteiger partial charge on any atom is -0.497 e. The summed E-state index contributed by atoms with van der Waals surface area (Å²) in [7, 11) is -2.04. The fourth-order valence-electron chi connectivity index (χ4n) is 4.16. The van der Waals surface area contributed by atoms with E-state index in [1.165, 1.54) is 17.0 Å². The molecular formula is C27H30N2O5S. The average Bonchev–Trinajstić information content (AvgIpc) is 2.89. The third-order valence-corrected chi connectivity index (χ3v) is 8.00. The van der Waals surface area contributed by atoms with Crippen LogP contribution in [0.2, 0.25) is 0 Å². The standard InChI is InChI=1S/C27H30N2O5S/c1-33-24-11-13-25(14-12-24)35(31,32)29-17-15-23(16-18-29)28-27(30)20-34-26-10-6-5-9-22(26)19-21-7-3-2-4-8-21/h2-14,23H,15-20H2,1H3,(H,28,30). The molecule has 0 aliphatic carbocycles. The maximum atomic E-state index is 12.9. The number of hydrogen-bond donors (Lipinski definition) is 1. The Morgan fingerprint density at radius 2 is 1.60 bits per heavy atom. The quantitative estimate of drug-likeness (QED) is 0.491. The smallest absolute Gasteiger partial charge is 0.258 e. The zero-order chi connectivity index (χ0) is 24.7. The molecule has 35 heavy (non-hydrogen) atoms. The molecule has 0 atom stereocenters. The average molecular weight is 495 g/mol. The fraction of sp³-hybridized carbons (Fsp3) is 0.296. The minimum absolute atomic E-state index is 0.0871. The Hall–Kier alpha value is -3.36. The molecule has 1 aliphatic rings. The molecule has 1 heterocycles. The number of hydrogen-bond acceptors (Lipinski definition) is 5. The van der Waals surface area contributed by atoms with Gasteiger partial charge in [0, 0.05) is 25.6 Å². The lowest BCUT2D eigenvalue weighted by atomic mass is 10.0. The zero-order valence-corrected chi connectivity index (χ0v) is 20.5. The number of nitrogens with one attached hydrogen (secondary N) is 1. The molecule has 4 rings (SSSR count). The molecule has 1 aliphatic heterocycles. The number of carbonyl (C=O) groups is 1. The van der Waals surface area contributed by atoms with Gasteiger partial charge in [0.25, 0.3) is 5.91 Å². The first kappa shape index (κ1) is 24.8. The summed E-state index contributed by atoms with van der Waals surface area (Å²) >= 11 is 0. The first-order valence-electron chi connectivity index (χ1n) is 11.6. The highest BCUT2D eigenvalue weighted by Crippen LogP contribution is 2.24. The lowest BCUT2D eigenvalue weighted by Gasteiger charge is -2.31. The van der Waals surface area contributed by atoms with Gasteiger partial charge in [-0.1, -0.05) is 48.5 Å². The van der Waals surface area contributed by atoms with Crippen molar-refractivity contribution in [3.8, 4) is 11.5 Å². The molecule has 1 fully saturated rings. The first-order valence-corrected chi connectivity index (χ1v) is 13.1. The summed E-state index contributed by atoms with van der Waals surface area (Å²) in [5.41, 5.74) is 2.19. The normalized spacial score (nSPS) is 14.9. The number of ether oxygens (including phenoxy) is 2. The monoisotopic (exact) mass is 494 g/mol. The molecule has 1 amide bonds. The van der Waals surface area contributed by atoms with Crippen molar-refractivity contribution < 1.29 is 22.7 Å². The van der Waals surface area contributed by atoms with Gasteiger partial charge in [0.05, 0.1) is 12.0 Å². The Labute approximate surface area is 206 Å². The van der Waals surface area contributed by atoms with Crippen LogP contribution in [0, 0.1) is 0 Å². The predicted molar refractivity (Wildman–Crippen MR) is 134 cm³/mol. The molecule has 1 N–H and O–H groups in total. The number of nitrogens with zero attached hydrogens (tertiary/aromatic N) is 1. The molecule has 7 nitrogen and oxygen atoms in total. The number of sulfonamides is 1. The predicted octanol–water partition coefficient (Wildman–Crippen LogP) is 3.63. The van der Waals surface area contributed by atoms with Crippen LogP contribution in [0.5, 0.6) is 11.5 Å². The van der Waals surface area contributed by atoms with E-state index in [9.17, 15) is 13.2 Å². The van der Waals surface area contributed by atoms with Crippen LogP contribution in [0.15, 0.2) is 83.8 Å². The van der Waals surface area contributed by atoms with E-state index in [0.717, 1.165) is 12.0 Å². The number of amides is 1. The summed E-state index contributed by atoms with van der Waals surface area (Å²) in [4.78, 5) is 12.8. The molecule has 3 aromatic rings. The van der Waals surface area contributed by atoms with Gasteiger partial charge in [-0.25, -0.2) is 8.42 Å². The fourth-order valence-corrected chi connectivity index (χ4v) is 5.63. The molecular weight excluding hydrogens is 464 g/mol. The van der Waals surface area contributed by atoms with Gasteiger partial charge in [-0.05, 0) is 54.3 Å². The van der Waals surface area contributed by atoms with E-state index >= 15 is 0 Å². The van der Waals surface area contributed by atoms with Crippen molar-refractivity contribution in [2.24, 2.45) is 0 Å². The molecule has 0 saturated carbocycles. The second kappa shape index (κ2) is 11.4. The Balaban J connectivity index is 1.27. The van der Waals surface area contributed by atoms with E-state index < -0.39 is 10.0 Å². The molecule has 0 aromatic heterocycles. The SMILES string of the molecule is COc1ccc(S(=O)(=O)N2CCC(NC(=O)COc3ccccc3Cc3ccccc3)CC2)cc1. The van der Waals surface area contributed by atoms with Crippen molar-refractivity contribution >= 4 is 15.9 Å². The van der Waals surface area contributed by atoms with Crippen LogP contribution in [0.3, 0.4) is 0 Å². The van der Waals surface area contributed by atoms with Crippen molar-refractivity contribution in [2.45, 2.75) is 30.2 Å². The molecule has 184 valence electrons. The van der Waals surface area contributed by atoms with Crippen molar-refractivity contribution in [2.75, 3.05) is 26.8 Å². The van der Waals surface area contributed by atoms with Crippen LogP contribution in [0.1, 0.15) is 24.0 Å². The van der Waals surface area contributed by atoms with Gasteiger partial charge in [0.2, 0.25) is 10.0 Å². The van der Waals surface area contributed by atoms with Crippen molar-refractivity contribution in [3.05, 3.63) is 90.0 Å². The van der Waals surface area contributed by atoms with Crippen LogP contribution >= 0.6 is 0 Å². The summed E-state index contributed by atoms with van der Waals surface area (Å²) in [5.74, 6) is 1.08. The van der Waals surface area contributed by atoms with Gasteiger partial charge in [0.1, 0.15) is 11.5 Å². The highest BCUT2D eigenvalue weighted by atomic mass is 32.2. The molecule has 1 saturated heterocycles. The van der Waals surface area contributed by atoms with E-state index in [1.54, 1.807) is 24.3 Å². The van der Waals surface area contributed by atoms with Gasteiger partial charge >= 0.3 is 0 Å². The van der Waals surface area contributed by atoms with Crippen molar-refractivity contribution in [1.82, 2.24) is 9.62 Å². The van der Waals surface area contributed by atoms with Crippen LogP contribution in [0.4, 0.5) is 0 Å². The van der Waals surface area contributed by atoms with E-state index in [1.807, 2.05) is 42.5 Å². The maximum Gasteiger partial charge on any atom is 0.258 e. The third-order valence-electron chi connectivity index (χ3n) is 6.09. The number of benzene rings is 3. The van der Waals surface area contributed by atoms with Crippen LogP contribution in [-0.4, -0.2) is 51.5 Å². The van der Waals surface area contributed by atoms with Gasteiger partial charge in [0.15, 0.2) is 6.61 Å². The van der Waals surface area contributed by atoms with E-state index in [2.05, 4.69) is 17.4 Å². The summed E-state index contributed by atoms with van der Waals surface area (Å²) in [5, 5.41) is 2.98. The van der Waals surface area contributed by atoms with E-state index in [4.69, 9.17) is 9.47 Å². The number of rotatable bonds is 9. The Morgan fingerprint density at radius 1 is 0.943 bits per heavy atom. The van der Waals surface area contributed by atoms with E-state index in [0.29, 0.717) is 37.4 Å².